The molecule has 0 aliphatic carbocycles. The van der Waals surface area contributed by atoms with Crippen LogP contribution in [0.4, 0.5) is 0 Å². The highest BCUT2D eigenvalue weighted by Crippen LogP contribution is 2.22. The minimum absolute atomic E-state index is 0.0749. The number of methoxy groups -OCH3 is 1. The lowest BCUT2D eigenvalue weighted by Gasteiger charge is -2.08. The van der Waals surface area contributed by atoms with Crippen LogP contribution >= 0.6 is 0 Å². The first-order valence-electron chi connectivity index (χ1n) is 9.88. The number of carbonyl (C=O) groups is 2. The van der Waals surface area contributed by atoms with Crippen molar-refractivity contribution in [2.45, 2.75) is 6.61 Å². The molecule has 0 aliphatic heterocycles. The zero-order valence-electron chi connectivity index (χ0n) is 17.3. The number of carbonyl (C=O) groups excluding carboxylic acids is 2. The number of rotatable bonds is 6. The van der Waals surface area contributed by atoms with Crippen LogP contribution in [0.2, 0.25) is 0 Å². The van der Waals surface area contributed by atoms with E-state index in [2.05, 4.69) is 0 Å². The number of esters is 2. The minimum Gasteiger partial charge on any atom is -0.497 e. The molecule has 0 amide bonds. The van der Waals surface area contributed by atoms with Gasteiger partial charge in [-0.3, -0.25) is 0 Å². The lowest BCUT2D eigenvalue weighted by molar-refractivity contribution is 0.0725. The molecule has 32 heavy (non-hydrogen) atoms. The van der Waals surface area contributed by atoms with Crippen LogP contribution in [0.3, 0.4) is 0 Å². The molecule has 4 aromatic rings. The summed E-state index contributed by atoms with van der Waals surface area (Å²) in [6, 6.07) is 23.6. The van der Waals surface area contributed by atoms with Gasteiger partial charge >= 0.3 is 11.9 Å². The average Bonchev–Trinajstić information content (AvgIpc) is 2.84. The van der Waals surface area contributed by atoms with Gasteiger partial charge in [0.1, 0.15) is 17.2 Å². The highest BCUT2D eigenvalue weighted by Gasteiger charge is 2.13. The zero-order chi connectivity index (χ0) is 22.5. The first-order chi connectivity index (χ1) is 15.6. The van der Waals surface area contributed by atoms with E-state index < -0.39 is 11.9 Å². The molecule has 6 nitrogen and oxygen atoms in total. The SMILES string of the molecule is COc1ccc(OC(=O)c2ccc3cc(C(=O)Oc4ccc(CO)cc4)ccc3c2)cc1. The predicted molar refractivity (Wildman–Crippen MR) is 119 cm³/mol. The summed E-state index contributed by atoms with van der Waals surface area (Å²) in [6.07, 6.45) is 0. The second kappa shape index (κ2) is 9.32. The number of ether oxygens (including phenoxy) is 3. The quantitative estimate of drug-likeness (QED) is 0.352. The normalized spacial score (nSPS) is 10.6. The third-order valence-corrected chi connectivity index (χ3v) is 4.90. The Bertz CT molecular complexity index is 1160. The predicted octanol–water partition coefficient (Wildman–Crippen LogP) is 4.78. The smallest absolute Gasteiger partial charge is 0.343 e. The van der Waals surface area contributed by atoms with E-state index in [0.717, 1.165) is 16.3 Å². The Morgan fingerprint density at radius 3 is 1.53 bits per heavy atom. The van der Waals surface area contributed by atoms with Gasteiger partial charge in [-0.05, 0) is 77.0 Å². The van der Waals surface area contributed by atoms with Crippen molar-refractivity contribution in [1.29, 1.82) is 0 Å². The van der Waals surface area contributed by atoms with Gasteiger partial charge < -0.3 is 19.3 Å². The van der Waals surface area contributed by atoms with Crippen molar-refractivity contribution in [3.05, 3.63) is 102 Å². The van der Waals surface area contributed by atoms with E-state index in [1.165, 1.54) is 0 Å². The summed E-state index contributed by atoms with van der Waals surface area (Å²) in [6.45, 7) is -0.0749. The van der Waals surface area contributed by atoms with Crippen LogP contribution in [0.25, 0.3) is 10.8 Å². The molecule has 1 N–H and O–H groups in total. The van der Waals surface area contributed by atoms with Gasteiger partial charge in [0.25, 0.3) is 0 Å². The van der Waals surface area contributed by atoms with Crippen LogP contribution in [0.1, 0.15) is 26.3 Å². The largest absolute Gasteiger partial charge is 0.497 e. The Kier molecular flexibility index (Phi) is 6.14. The van der Waals surface area contributed by atoms with Gasteiger partial charge in [-0.25, -0.2) is 9.59 Å². The maximum absolute atomic E-state index is 12.5. The fraction of sp³-hybridized carbons (Fsp3) is 0.0769. The van der Waals surface area contributed by atoms with Crippen LogP contribution in [-0.2, 0) is 6.61 Å². The number of aliphatic hydroxyl groups excluding tert-OH is 1. The molecule has 0 saturated heterocycles. The molecule has 0 bridgehead atoms. The molecule has 0 radical (unpaired) electrons. The standard InChI is InChI=1S/C26H20O6/c1-30-22-10-12-24(13-11-22)32-26(29)21-7-5-18-14-20(6-4-19(18)15-21)25(28)31-23-8-2-17(16-27)3-9-23/h2-15,27H,16H2,1H3. The maximum atomic E-state index is 12.5. The fourth-order valence-corrected chi connectivity index (χ4v) is 3.14. The summed E-state index contributed by atoms with van der Waals surface area (Å²) in [5.41, 5.74) is 1.52. The number of hydrogen-bond acceptors (Lipinski definition) is 6. The van der Waals surface area contributed by atoms with Crippen LogP contribution in [0.15, 0.2) is 84.9 Å². The third-order valence-electron chi connectivity index (χ3n) is 4.90. The Morgan fingerprint density at radius 1 is 0.656 bits per heavy atom. The molecule has 0 spiro atoms. The van der Waals surface area contributed by atoms with Crippen molar-refractivity contribution in [3.63, 3.8) is 0 Å². The second-order valence-corrected chi connectivity index (χ2v) is 7.03. The van der Waals surface area contributed by atoms with Gasteiger partial charge in [0.05, 0.1) is 24.8 Å². The molecule has 0 fully saturated rings. The summed E-state index contributed by atoms with van der Waals surface area (Å²) in [5, 5.41) is 10.7. The van der Waals surface area contributed by atoms with Crippen molar-refractivity contribution in [2.75, 3.05) is 7.11 Å². The molecular formula is C26H20O6. The molecule has 160 valence electrons. The summed E-state index contributed by atoms with van der Waals surface area (Å²) in [4.78, 5) is 25.0. The topological polar surface area (TPSA) is 82.1 Å². The molecular weight excluding hydrogens is 408 g/mol. The number of aliphatic hydroxyl groups is 1. The van der Waals surface area contributed by atoms with Crippen molar-refractivity contribution in [1.82, 2.24) is 0 Å². The summed E-state index contributed by atoms with van der Waals surface area (Å²) in [5.74, 6) is 0.510. The van der Waals surface area contributed by atoms with E-state index in [4.69, 9.17) is 19.3 Å². The Labute approximate surface area is 184 Å². The van der Waals surface area contributed by atoms with E-state index >= 15 is 0 Å². The van der Waals surface area contributed by atoms with E-state index in [1.807, 2.05) is 0 Å². The van der Waals surface area contributed by atoms with Crippen LogP contribution < -0.4 is 14.2 Å². The maximum Gasteiger partial charge on any atom is 0.343 e. The highest BCUT2D eigenvalue weighted by atomic mass is 16.5. The minimum atomic E-state index is -0.494. The van der Waals surface area contributed by atoms with Gasteiger partial charge in [0.15, 0.2) is 0 Å². The first-order valence-corrected chi connectivity index (χ1v) is 9.88. The van der Waals surface area contributed by atoms with Gasteiger partial charge in [0.2, 0.25) is 0 Å². The van der Waals surface area contributed by atoms with E-state index in [1.54, 1.807) is 92.0 Å². The molecule has 4 aromatic carbocycles. The van der Waals surface area contributed by atoms with Crippen LogP contribution in [0.5, 0.6) is 17.2 Å². The lowest BCUT2D eigenvalue weighted by atomic mass is 10.0. The molecule has 0 unspecified atom stereocenters. The number of fused-ring (bicyclic) bond motifs is 1. The van der Waals surface area contributed by atoms with Gasteiger partial charge in [-0.2, -0.15) is 0 Å². The molecule has 6 heteroatoms. The summed E-state index contributed by atoms with van der Waals surface area (Å²) >= 11 is 0. The van der Waals surface area contributed by atoms with Crippen LogP contribution in [0, 0.1) is 0 Å². The van der Waals surface area contributed by atoms with Gasteiger partial charge in [-0.1, -0.05) is 24.3 Å². The Hall–Kier alpha value is -4.16. The summed E-state index contributed by atoms with van der Waals surface area (Å²) < 4.78 is 15.9. The fourth-order valence-electron chi connectivity index (χ4n) is 3.14. The second-order valence-electron chi connectivity index (χ2n) is 7.03. The average molecular weight is 428 g/mol. The molecule has 4 rings (SSSR count). The first kappa shape index (κ1) is 21.1. The molecule has 0 atom stereocenters. The Morgan fingerprint density at radius 2 is 1.09 bits per heavy atom. The molecule has 0 heterocycles. The number of hydrogen-bond donors (Lipinski definition) is 1. The van der Waals surface area contributed by atoms with Crippen molar-refractivity contribution in [2.24, 2.45) is 0 Å². The van der Waals surface area contributed by atoms with Crippen molar-refractivity contribution >= 4 is 22.7 Å². The van der Waals surface area contributed by atoms with Crippen molar-refractivity contribution < 1.29 is 28.9 Å². The highest BCUT2D eigenvalue weighted by molar-refractivity contribution is 5.99. The van der Waals surface area contributed by atoms with Crippen molar-refractivity contribution in [3.8, 4) is 17.2 Å². The summed E-state index contributed by atoms with van der Waals surface area (Å²) in [7, 11) is 1.57. The molecule has 0 saturated carbocycles. The lowest BCUT2D eigenvalue weighted by Crippen LogP contribution is -2.09. The molecule has 0 aromatic heterocycles. The molecule has 0 aliphatic rings. The van der Waals surface area contributed by atoms with E-state index in [9.17, 15) is 9.59 Å². The van der Waals surface area contributed by atoms with Gasteiger partial charge in [-0.15, -0.1) is 0 Å². The zero-order valence-corrected chi connectivity index (χ0v) is 17.3. The Balaban J connectivity index is 1.48. The number of benzene rings is 4. The van der Waals surface area contributed by atoms with Crippen LogP contribution in [-0.4, -0.2) is 24.2 Å². The third kappa shape index (κ3) is 4.77. The monoisotopic (exact) mass is 428 g/mol. The van der Waals surface area contributed by atoms with Gasteiger partial charge in [0, 0.05) is 0 Å². The van der Waals surface area contributed by atoms with E-state index in [0.29, 0.717) is 28.4 Å². The van der Waals surface area contributed by atoms with E-state index in [-0.39, 0.29) is 6.61 Å².